The van der Waals surface area contributed by atoms with Gasteiger partial charge in [-0.1, -0.05) is 0 Å². The van der Waals surface area contributed by atoms with Crippen LogP contribution in [0.3, 0.4) is 0 Å². The van der Waals surface area contributed by atoms with Crippen LogP contribution in [0.5, 0.6) is 0 Å². The Morgan fingerprint density at radius 3 is 2.77 bits per heavy atom. The molecule has 0 saturated carbocycles. The van der Waals surface area contributed by atoms with Gasteiger partial charge in [-0.2, -0.15) is 10.0 Å². The number of azo groups is 1. The fourth-order valence-corrected chi connectivity index (χ4v) is 2.76. The zero-order valence-corrected chi connectivity index (χ0v) is 14.8. The van der Waals surface area contributed by atoms with Crippen molar-refractivity contribution in [2.45, 2.75) is 6.17 Å². The molecule has 0 spiro atoms. The summed E-state index contributed by atoms with van der Waals surface area (Å²) < 4.78 is 0. The van der Waals surface area contributed by atoms with Crippen molar-refractivity contribution in [3.63, 3.8) is 0 Å². The van der Waals surface area contributed by atoms with Crippen molar-refractivity contribution >= 4 is 34.3 Å². The molecule has 11 heteroatoms. The van der Waals surface area contributed by atoms with Crippen LogP contribution < -0.4 is 0 Å². The van der Waals surface area contributed by atoms with Gasteiger partial charge in [-0.3, -0.25) is 24.4 Å². The lowest BCUT2D eigenvalue weighted by Crippen LogP contribution is -2.41. The quantitative estimate of drug-likeness (QED) is 0.447. The van der Waals surface area contributed by atoms with Crippen LogP contribution in [0.2, 0.25) is 0 Å². The molecule has 2 aromatic rings. The number of hydrogen-bond acceptors (Lipinski definition) is 9. The van der Waals surface area contributed by atoms with Gasteiger partial charge in [0.1, 0.15) is 0 Å². The summed E-state index contributed by atoms with van der Waals surface area (Å²) in [6.45, 7) is 0.100. The molecule has 1 saturated heterocycles. The Morgan fingerprint density at radius 2 is 2.15 bits per heavy atom. The van der Waals surface area contributed by atoms with Gasteiger partial charge >= 0.3 is 6.03 Å². The molecule has 1 atom stereocenters. The Kier molecular flexibility index (Phi) is 5.09. The van der Waals surface area contributed by atoms with Crippen molar-refractivity contribution < 1.29 is 14.4 Å². The molecule has 0 radical (unpaired) electrons. The molecule has 26 heavy (non-hydrogen) atoms. The third-order valence-corrected chi connectivity index (χ3v) is 4.05. The van der Waals surface area contributed by atoms with E-state index in [1.807, 2.05) is 0 Å². The highest BCUT2D eigenvalue weighted by Crippen LogP contribution is 2.24. The molecule has 3 rings (SSSR count). The number of carbonyl (C=O) groups excluding carboxylic acids is 3. The highest BCUT2D eigenvalue weighted by atomic mass is 32.1. The van der Waals surface area contributed by atoms with Crippen molar-refractivity contribution in [3.05, 3.63) is 41.7 Å². The van der Waals surface area contributed by atoms with E-state index in [1.165, 1.54) is 34.7 Å². The maximum absolute atomic E-state index is 12.7. The molecule has 0 bridgehead atoms. The molecule has 1 fully saturated rings. The maximum atomic E-state index is 12.7. The van der Waals surface area contributed by atoms with Gasteiger partial charge in [0.05, 0.1) is 12.2 Å². The van der Waals surface area contributed by atoms with Gasteiger partial charge in [0.25, 0.3) is 11.8 Å². The molecule has 0 aromatic carbocycles. The summed E-state index contributed by atoms with van der Waals surface area (Å²) in [7, 11) is 3.47. The minimum absolute atomic E-state index is 0.100. The fraction of sp³-hybridized carbons (Fsp3) is 0.267. The number of hydrogen-bond donors (Lipinski definition) is 0. The first-order chi connectivity index (χ1) is 12.5. The van der Waals surface area contributed by atoms with Gasteiger partial charge in [-0.15, -0.1) is 16.5 Å². The van der Waals surface area contributed by atoms with E-state index in [2.05, 4.69) is 20.2 Å². The minimum atomic E-state index is -1.23. The summed E-state index contributed by atoms with van der Waals surface area (Å²) in [6.07, 6.45) is 3.11. The maximum Gasteiger partial charge on any atom is 0.337 e. The number of amides is 4. The molecule has 0 aliphatic carbocycles. The topological polar surface area (TPSA) is 111 Å². The summed E-state index contributed by atoms with van der Waals surface area (Å²) in [5.74, 6) is -1.50. The molecule has 1 aliphatic heterocycles. The van der Waals surface area contributed by atoms with Gasteiger partial charge < -0.3 is 0 Å². The van der Waals surface area contributed by atoms with Gasteiger partial charge in [0.15, 0.2) is 0 Å². The van der Waals surface area contributed by atoms with E-state index in [9.17, 15) is 14.4 Å². The second-order valence-electron chi connectivity index (χ2n) is 5.60. The molecular weight excluding hydrogens is 358 g/mol. The number of urea groups is 1. The number of nitrogens with zero attached hydrogens (tertiary/aromatic N) is 7. The van der Waals surface area contributed by atoms with Gasteiger partial charge in [-0.05, 0) is 26.2 Å². The lowest BCUT2D eigenvalue weighted by atomic mass is 10.2. The SMILES string of the molecule is CN(C)CN1C(=O)N(C(=O)c2cccnc2)C(=O)C1N=Nc1nccs1. The number of thiazole rings is 1. The van der Waals surface area contributed by atoms with Crippen LogP contribution in [0.4, 0.5) is 9.93 Å². The zero-order valence-electron chi connectivity index (χ0n) is 14.0. The molecule has 0 N–H and O–H groups in total. The lowest BCUT2D eigenvalue weighted by molar-refractivity contribution is -0.126. The summed E-state index contributed by atoms with van der Waals surface area (Å²) in [5, 5.41) is 9.92. The third-order valence-electron chi connectivity index (χ3n) is 3.39. The van der Waals surface area contributed by atoms with Gasteiger partial charge in [-0.25, -0.2) is 9.78 Å². The van der Waals surface area contributed by atoms with Crippen LogP contribution in [0, 0.1) is 0 Å². The molecule has 1 unspecified atom stereocenters. The summed E-state index contributed by atoms with van der Waals surface area (Å²) in [6, 6.07) is 2.28. The van der Waals surface area contributed by atoms with Gasteiger partial charge in [0, 0.05) is 24.0 Å². The zero-order chi connectivity index (χ0) is 18.7. The van der Waals surface area contributed by atoms with E-state index in [0.29, 0.717) is 10.0 Å². The molecular formula is C15H15N7O3S. The van der Waals surface area contributed by atoms with E-state index >= 15 is 0 Å². The first-order valence-electron chi connectivity index (χ1n) is 7.53. The van der Waals surface area contributed by atoms with Crippen molar-refractivity contribution in [3.8, 4) is 0 Å². The van der Waals surface area contributed by atoms with Crippen LogP contribution in [-0.4, -0.2) is 69.4 Å². The van der Waals surface area contributed by atoms with Crippen LogP contribution in [0.1, 0.15) is 10.4 Å². The second-order valence-corrected chi connectivity index (χ2v) is 6.47. The van der Waals surface area contributed by atoms with E-state index in [4.69, 9.17) is 0 Å². The second kappa shape index (κ2) is 7.45. The number of carbonyl (C=O) groups is 3. The number of rotatable bonds is 5. The van der Waals surface area contributed by atoms with E-state index in [-0.39, 0.29) is 12.2 Å². The van der Waals surface area contributed by atoms with Crippen molar-refractivity contribution in [1.82, 2.24) is 24.7 Å². The summed E-state index contributed by atoms with van der Waals surface area (Å²) in [5.41, 5.74) is 0.136. The Labute approximate surface area is 152 Å². The van der Waals surface area contributed by atoms with Crippen molar-refractivity contribution in [2.24, 2.45) is 10.2 Å². The molecule has 3 heterocycles. The predicted octanol–water partition coefficient (Wildman–Crippen LogP) is 1.57. The van der Waals surface area contributed by atoms with Crippen LogP contribution in [0.25, 0.3) is 0 Å². The Balaban J connectivity index is 1.91. The Hall–Kier alpha value is -3.05. The van der Waals surface area contributed by atoms with Crippen LogP contribution in [0.15, 0.2) is 46.3 Å². The largest absolute Gasteiger partial charge is 0.337 e. The first kappa shape index (κ1) is 17.8. The Morgan fingerprint density at radius 1 is 1.35 bits per heavy atom. The number of pyridine rings is 1. The fourth-order valence-electron chi connectivity index (χ4n) is 2.31. The van der Waals surface area contributed by atoms with Crippen LogP contribution >= 0.6 is 11.3 Å². The Bertz CT molecular complexity index is 838. The summed E-state index contributed by atoms with van der Waals surface area (Å²) in [4.78, 5) is 49.2. The van der Waals surface area contributed by atoms with Crippen LogP contribution in [-0.2, 0) is 4.79 Å². The molecule has 2 aromatic heterocycles. The number of imide groups is 3. The smallest absolute Gasteiger partial charge is 0.292 e. The standard InChI is InChI=1S/C15H15N7O3S/c1-20(2)9-21-11(18-19-14-17-6-7-26-14)13(24)22(15(21)25)12(23)10-4-3-5-16-8-10/h3-8,11H,9H2,1-2H3. The summed E-state index contributed by atoms with van der Waals surface area (Å²) >= 11 is 1.24. The lowest BCUT2D eigenvalue weighted by Gasteiger charge is -2.22. The first-order valence-corrected chi connectivity index (χ1v) is 8.41. The highest BCUT2D eigenvalue weighted by Gasteiger charge is 2.49. The highest BCUT2D eigenvalue weighted by molar-refractivity contribution is 7.13. The number of aromatic nitrogens is 2. The molecule has 134 valence electrons. The molecule has 1 aliphatic rings. The minimum Gasteiger partial charge on any atom is -0.292 e. The van der Waals surface area contributed by atoms with Crippen molar-refractivity contribution in [2.75, 3.05) is 20.8 Å². The predicted molar refractivity (Wildman–Crippen MR) is 91.6 cm³/mol. The van der Waals surface area contributed by atoms with Crippen molar-refractivity contribution in [1.29, 1.82) is 0 Å². The average molecular weight is 373 g/mol. The van der Waals surface area contributed by atoms with Gasteiger partial charge in [0.2, 0.25) is 11.3 Å². The molecule has 4 amide bonds. The third kappa shape index (κ3) is 3.48. The average Bonchev–Trinajstić information content (AvgIpc) is 3.21. The van der Waals surface area contributed by atoms with E-state index < -0.39 is 24.0 Å². The monoisotopic (exact) mass is 373 g/mol. The van der Waals surface area contributed by atoms with E-state index in [0.717, 1.165) is 0 Å². The van der Waals surface area contributed by atoms with E-state index in [1.54, 1.807) is 36.6 Å². The molecule has 10 nitrogen and oxygen atoms in total. The normalized spacial score (nSPS) is 17.7.